The maximum absolute atomic E-state index is 6.31. The Morgan fingerprint density at radius 3 is 0.764 bits per heavy atom. The van der Waals surface area contributed by atoms with Crippen LogP contribution in [-0.2, 0) is 0 Å². The molecule has 0 N–H and O–H groups in total. The molecule has 0 bridgehead atoms. The number of hydrogen-bond donors (Lipinski definition) is 0. The molecule has 0 aliphatic rings. The number of nitrogens with zero attached hydrogens (tertiary/aromatic N) is 8. The summed E-state index contributed by atoms with van der Waals surface area (Å²) in [5.74, 6) is 2.85. The Balaban J connectivity index is 0.000000103. The molecule has 0 radical (unpaired) electrons. The molecule has 0 saturated heterocycles. The summed E-state index contributed by atoms with van der Waals surface area (Å²) in [4.78, 5) is 39.6. The van der Waals surface area contributed by atoms with Crippen molar-refractivity contribution in [3.8, 4) is 180 Å². The van der Waals surface area contributed by atoms with E-state index in [1.54, 1.807) is 0 Å². The van der Waals surface area contributed by atoms with Gasteiger partial charge in [-0.15, -0.1) is 0 Å². The van der Waals surface area contributed by atoms with E-state index in [0.717, 1.165) is 245 Å². The minimum atomic E-state index is 0.710. The summed E-state index contributed by atoms with van der Waals surface area (Å²) in [7, 11) is 0. The fourth-order valence-corrected chi connectivity index (χ4v) is 19.5. The minimum absolute atomic E-state index is 0.710. The molecule has 28 rings (SSSR count). The van der Waals surface area contributed by atoms with Crippen molar-refractivity contribution in [2.75, 3.05) is 0 Å². The lowest BCUT2D eigenvalue weighted by Gasteiger charge is -2.11. The van der Waals surface area contributed by atoms with Crippen molar-refractivity contribution in [1.82, 2.24) is 39.9 Å². The molecule has 20 aromatic carbocycles. The van der Waals surface area contributed by atoms with Gasteiger partial charge >= 0.3 is 0 Å². The first kappa shape index (κ1) is 89.3. The van der Waals surface area contributed by atoms with E-state index in [-0.39, 0.29) is 0 Å². The SMILES string of the molecule is c1ccc(-c2cc(-c3cccc(-c4ccc5c(c4)oc4ccccc45)c3)nc(-c3ccccc3)n2)cc1.c1ccc(-c2cc(-c3cccc(-c4ccc5oc6ccccc6c5c4)c3)nc(-c3ccccc3)n2)cc1.c1ccc(-c2cc(-c3cccc(-c4cccc5c4oc4ccccc45)c3)nc(-c3ccccc3)n2)cc1.c1ccc(-c2cc(-c3cccc(-c4cccc5oc6ccccc6c45)c3)nc(-c3ccccc3)n2)cc1. The highest BCUT2D eigenvalue weighted by Crippen LogP contribution is 2.44. The van der Waals surface area contributed by atoms with Crippen LogP contribution >= 0.6 is 0 Å². The Kier molecular flexibility index (Phi) is 24.2. The van der Waals surface area contributed by atoms with Gasteiger partial charge in [0.15, 0.2) is 23.3 Å². The Morgan fingerprint density at radius 2 is 0.351 bits per heavy atom. The van der Waals surface area contributed by atoms with Crippen LogP contribution < -0.4 is 0 Å². The van der Waals surface area contributed by atoms with Crippen LogP contribution in [-0.4, -0.2) is 39.9 Å². The summed E-state index contributed by atoms with van der Waals surface area (Å²) in [6.07, 6.45) is 0. The number of fused-ring (bicyclic) bond motifs is 12. The topological polar surface area (TPSA) is 156 Å². The molecule has 0 saturated carbocycles. The summed E-state index contributed by atoms with van der Waals surface area (Å²) in [5, 5.41) is 9.03. The number of rotatable bonds is 16. The molecule has 12 nitrogen and oxygen atoms in total. The van der Waals surface area contributed by atoms with Crippen LogP contribution in [0.5, 0.6) is 0 Å². The molecule has 28 aromatic rings. The zero-order valence-electron chi connectivity index (χ0n) is 80.0. The Morgan fingerprint density at radius 1 is 0.115 bits per heavy atom. The van der Waals surface area contributed by atoms with Gasteiger partial charge in [0.2, 0.25) is 0 Å². The van der Waals surface area contributed by atoms with Gasteiger partial charge in [0.25, 0.3) is 0 Å². The lowest BCUT2D eigenvalue weighted by atomic mass is 9.97. The predicted octanol–water partition coefficient (Wildman–Crippen LogP) is 36.2. The average Bonchev–Trinajstić information content (AvgIpc) is 1.61. The number of hydrogen-bond acceptors (Lipinski definition) is 12. The first-order chi connectivity index (χ1) is 73.3. The number of aromatic nitrogens is 8. The van der Waals surface area contributed by atoms with Crippen molar-refractivity contribution in [1.29, 1.82) is 0 Å². The van der Waals surface area contributed by atoms with Crippen molar-refractivity contribution >= 4 is 87.8 Å². The molecular formula is C136H88N8O4. The van der Waals surface area contributed by atoms with E-state index in [1.807, 2.05) is 243 Å². The normalized spacial score (nSPS) is 11.2. The third kappa shape index (κ3) is 18.5. The van der Waals surface area contributed by atoms with Crippen LogP contribution in [0.2, 0.25) is 0 Å². The van der Waals surface area contributed by atoms with Crippen LogP contribution in [0.4, 0.5) is 0 Å². The van der Waals surface area contributed by atoms with Gasteiger partial charge in [0.05, 0.1) is 45.6 Å². The standard InChI is InChI=1S/4C34H22N2O/c1-3-11-23(12-4-1)30-22-31(36-34(35-30)24-13-5-2-6-14-24)26-16-9-15-25(21-26)27-18-10-19-29-28-17-7-8-20-32(28)37-33(27)29;1-3-11-23(12-4-1)29-22-30(36-34(35-29)24-13-5-2-6-14-24)26-16-9-15-25(21-26)27-18-10-20-32-33(27)28-17-7-8-19-31(28)37-32;1-3-10-23(11-4-1)30-22-31(36-34(35-30)24-12-5-2-6-13-24)27-15-9-14-25(20-27)26-18-19-33-29(21-26)28-16-7-8-17-32(28)37-33;1-3-10-23(11-4-1)30-22-31(36-34(35-30)24-12-5-2-6-13-24)27-15-9-14-25(20-27)26-18-19-29-28-16-7-8-17-32(28)37-33(29)21-26/h4*1-22H. The zero-order valence-corrected chi connectivity index (χ0v) is 80.0. The summed E-state index contributed by atoms with van der Waals surface area (Å²) in [6.45, 7) is 0. The third-order valence-corrected chi connectivity index (χ3v) is 26.8. The van der Waals surface area contributed by atoms with Crippen LogP contribution in [0.1, 0.15) is 0 Å². The third-order valence-electron chi connectivity index (χ3n) is 26.8. The first-order valence-electron chi connectivity index (χ1n) is 49.4. The van der Waals surface area contributed by atoms with Gasteiger partial charge in [-0.25, -0.2) is 39.9 Å². The fraction of sp³-hybridized carbons (Fsp3) is 0. The lowest BCUT2D eigenvalue weighted by Crippen LogP contribution is -1.96. The molecule has 8 aromatic heterocycles. The van der Waals surface area contributed by atoms with Crippen LogP contribution in [0.15, 0.2) is 552 Å². The van der Waals surface area contributed by atoms with Gasteiger partial charge in [-0.2, -0.15) is 0 Å². The summed E-state index contributed by atoms with van der Waals surface area (Å²) >= 11 is 0. The van der Waals surface area contributed by atoms with Crippen LogP contribution in [0.3, 0.4) is 0 Å². The van der Waals surface area contributed by atoms with E-state index >= 15 is 0 Å². The zero-order chi connectivity index (χ0) is 98.4. The van der Waals surface area contributed by atoms with Crippen molar-refractivity contribution in [2.24, 2.45) is 0 Å². The van der Waals surface area contributed by atoms with E-state index in [0.29, 0.717) is 23.3 Å². The second-order valence-corrected chi connectivity index (χ2v) is 36.3. The molecule has 0 aliphatic heterocycles. The maximum atomic E-state index is 6.31. The largest absolute Gasteiger partial charge is 0.456 e. The number of furan rings is 4. The van der Waals surface area contributed by atoms with E-state index in [1.165, 1.54) is 0 Å². The van der Waals surface area contributed by atoms with E-state index in [4.69, 9.17) is 57.5 Å². The highest BCUT2D eigenvalue weighted by molar-refractivity contribution is 6.14. The Labute approximate surface area is 853 Å². The first-order valence-corrected chi connectivity index (χ1v) is 49.4. The average molecular weight is 1900 g/mol. The molecule has 0 fully saturated rings. The van der Waals surface area contributed by atoms with E-state index < -0.39 is 0 Å². The van der Waals surface area contributed by atoms with Crippen molar-refractivity contribution in [3.05, 3.63) is 534 Å². The fourth-order valence-electron chi connectivity index (χ4n) is 19.5. The summed E-state index contributed by atoms with van der Waals surface area (Å²) in [6, 6.07) is 182. The molecule has 0 amide bonds. The highest BCUT2D eigenvalue weighted by atomic mass is 16.3. The predicted molar refractivity (Wildman–Crippen MR) is 604 cm³/mol. The molecule has 8 heterocycles. The second kappa shape index (κ2) is 40.1. The van der Waals surface area contributed by atoms with Gasteiger partial charge in [-0.3, -0.25) is 0 Å². The molecule has 0 unspecified atom stereocenters. The highest BCUT2D eigenvalue weighted by Gasteiger charge is 2.22. The Bertz CT molecular complexity index is 9470. The quantitative estimate of drug-likeness (QED) is 0.0904. The molecule has 12 heteroatoms. The molecule has 0 atom stereocenters. The van der Waals surface area contributed by atoms with Crippen LogP contribution in [0.25, 0.3) is 268 Å². The van der Waals surface area contributed by atoms with Crippen molar-refractivity contribution in [2.45, 2.75) is 0 Å². The Hall–Kier alpha value is -20.1. The lowest BCUT2D eigenvalue weighted by molar-refractivity contribution is 0.668. The molecule has 0 spiro atoms. The van der Waals surface area contributed by atoms with E-state index in [2.05, 4.69) is 291 Å². The monoisotopic (exact) mass is 1900 g/mol. The second-order valence-electron chi connectivity index (χ2n) is 36.3. The number of benzene rings is 20. The van der Waals surface area contributed by atoms with Gasteiger partial charge in [-0.05, 0) is 142 Å². The minimum Gasteiger partial charge on any atom is -0.456 e. The van der Waals surface area contributed by atoms with Gasteiger partial charge in [-0.1, -0.05) is 431 Å². The molecule has 0 aliphatic carbocycles. The molecule has 148 heavy (non-hydrogen) atoms. The summed E-state index contributed by atoms with van der Waals surface area (Å²) < 4.78 is 24.6. The molecular weight excluding hydrogens is 1810 g/mol. The van der Waals surface area contributed by atoms with Crippen molar-refractivity contribution < 1.29 is 17.7 Å². The van der Waals surface area contributed by atoms with Gasteiger partial charge in [0.1, 0.15) is 44.7 Å². The van der Waals surface area contributed by atoms with Gasteiger partial charge < -0.3 is 17.7 Å². The van der Waals surface area contributed by atoms with Crippen LogP contribution in [0, 0.1) is 0 Å². The summed E-state index contributed by atoms with van der Waals surface area (Å²) in [5.41, 5.74) is 35.6. The van der Waals surface area contributed by atoms with Gasteiger partial charge in [0, 0.05) is 115 Å². The van der Waals surface area contributed by atoms with Crippen molar-refractivity contribution in [3.63, 3.8) is 0 Å². The smallest absolute Gasteiger partial charge is 0.160 e. The number of para-hydroxylation sites is 5. The maximum Gasteiger partial charge on any atom is 0.160 e. The van der Waals surface area contributed by atoms with E-state index in [9.17, 15) is 0 Å². The molecule has 696 valence electrons.